The molecule has 2 aromatic rings. The molecule has 96 valence electrons. The third kappa shape index (κ3) is 3.84. The smallest absolute Gasteiger partial charge is 0.183 e. The number of anilines is 1. The monoisotopic (exact) mass is 260 g/mol. The van der Waals surface area contributed by atoms with Crippen LogP contribution in [0, 0.1) is 6.92 Å². The van der Waals surface area contributed by atoms with Crippen LogP contribution >= 0.6 is 11.3 Å². The maximum absolute atomic E-state index is 4.46. The molecule has 0 radical (unpaired) electrons. The van der Waals surface area contributed by atoms with E-state index in [4.69, 9.17) is 0 Å². The van der Waals surface area contributed by atoms with Crippen molar-refractivity contribution in [1.82, 2.24) is 4.98 Å². The summed E-state index contributed by atoms with van der Waals surface area (Å²) in [4.78, 5) is 4.46. The van der Waals surface area contributed by atoms with E-state index in [1.54, 1.807) is 11.3 Å². The molecule has 3 heteroatoms. The quantitative estimate of drug-likeness (QED) is 0.868. The topological polar surface area (TPSA) is 24.9 Å². The maximum atomic E-state index is 4.46. The van der Waals surface area contributed by atoms with Gasteiger partial charge in [-0.25, -0.2) is 4.98 Å². The highest BCUT2D eigenvalue weighted by Gasteiger charge is 2.18. The standard InChI is InChI=1S/C15H20N2S/c1-12-11-18-14(16-12)17-15(2,3)10-9-13-7-5-4-6-8-13/h4-8,11H,9-10H2,1-3H3,(H,16,17). The summed E-state index contributed by atoms with van der Waals surface area (Å²) in [5.74, 6) is 0. The Labute approximate surface area is 113 Å². The molecule has 0 amide bonds. The molecule has 2 rings (SSSR count). The van der Waals surface area contributed by atoms with Crippen LogP contribution in [0.2, 0.25) is 0 Å². The van der Waals surface area contributed by atoms with Crippen molar-refractivity contribution in [1.29, 1.82) is 0 Å². The molecule has 1 heterocycles. The Morgan fingerprint density at radius 3 is 2.56 bits per heavy atom. The van der Waals surface area contributed by atoms with Crippen LogP contribution in [0.25, 0.3) is 0 Å². The van der Waals surface area contributed by atoms with Gasteiger partial charge in [0.1, 0.15) is 0 Å². The highest BCUT2D eigenvalue weighted by molar-refractivity contribution is 7.13. The maximum Gasteiger partial charge on any atom is 0.183 e. The molecule has 0 aliphatic heterocycles. The van der Waals surface area contributed by atoms with Gasteiger partial charge in [-0.3, -0.25) is 0 Å². The zero-order valence-electron chi connectivity index (χ0n) is 11.2. The molecule has 0 aliphatic carbocycles. The first kappa shape index (κ1) is 13.1. The molecular weight excluding hydrogens is 240 g/mol. The van der Waals surface area contributed by atoms with Crippen LogP contribution in [0.15, 0.2) is 35.7 Å². The van der Waals surface area contributed by atoms with E-state index in [1.165, 1.54) is 5.56 Å². The van der Waals surface area contributed by atoms with E-state index in [0.29, 0.717) is 0 Å². The third-order valence-corrected chi connectivity index (χ3v) is 3.82. The van der Waals surface area contributed by atoms with E-state index < -0.39 is 0 Å². The summed E-state index contributed by atoms with van der Waals surface area (Å²) in [5, 5.41) is 6.61. The Morgan fingerprint density at radius 1 is 1.22 bits per heavy atom. The van der Waals surface area contributed by atoms with Gasteiger partial charge in [-0.15, -0.1) is 11.3 Å². The van der Waals surface area contributed by atoms with E-state index in [0.717, 1.165) is 23.7 Å². The van der Waals surface area contributed by atoms with Crippen LogP contribution in [0.4, 0.5) is 5.13 Å². The van der Waals surface area contributed by atoms with Gasteiger partial charge in [-0.2, -0.15) is 0 Å². The van der Waals surface area contributed by atoms with E-state index in [-0.39, 0.29) is 5.54 Å². The van der Waals surface area contributed by atoms with Crippen LogP contribution in [-0.2, 0) is 6.42 Å². The number of aromatic nitrogens is 1. The molecule has 0 saturated heterocycles. The number of hydrogen-bond donors (Lipinski definition) is 1. The van der Waals surface area contributed by atoms with Crippen LogP contribution in [0.1, 0.15) is 31.5 Å². The van der Waals surface area contributed by atoms with Crippen molar-refractivity contribution in [3.8, 4) is 0 Å². The second-order valence-corrected chi connectivity index (χ2v) is 6.15. The minimum Gasteiger partial charge on any atom is -0.357 e. The van der Waals surface area contributed by atoms with Crippen LogP contribution < -0.4 is 5.32 Å². The second kappa shape index (κ2) is 5.53. The van der Waals surface area contributed by atoms with Gasteiger partial charge in [0.05, 0.1) is 5.69 Å². The molecule has 0 atom stereocenters. The Balaban J connectivity index is 1.91. The molecule has 0 bridgehead atoms. The zero-order chi connectivity index (χ0) is 13.0. The van der Waals surface area contributed by atoms with Crippen molar-refractivity contribution in [2.45, 2.75) is 39.2 Å². The van der Waals surface area contributed by atoms with Crippen LogP contribution in [0.5, 0.6) is 0 Å². The zero-order valence-corrected chi connectivity index (χ0v) is 12.1. The minimum absolute atomic E-state index is 0.0696. The van der Waals surface area contributed by atoms with Crippen LogP contribution in [0.3, 0.4) is 0 Å². The predicted octanol–water partition coefficient (Wildman–Crippen LogP) is 4.27. The highest BCUT2D eigenvalue weighted by Crippen LogP contribution is 2.23. The van der Waals surface area contributed by atoms with E-state index >= 15 is 0 Å². The first-order valence-corrected chi connectivity index (χ1v) is 7.17. The number of rotatable bonds is 5. The number of thiazole rings is 1. The van der Waals surface area contributed by atoms with Crippen molar-refractivity contribution in [2.24, 2.45) is 0 Å². The molecule has 0 spiro atoms. The Hall–Kier alpha value is -1.35. The van der Waals surface area contributed by atoms with Crippen molar-refractivity contribution in [2.75, 3.05) is 5.32 Å². The lowest BCUT2D eigenvalue weighted by Gasteiger charge is -2.26. The summed E-state index contributed by atoms with van der Waals surface area (Å²) in [6, 6.07) is 10.6. The summed E-state index contributed by atoms with van der Waals surface area (Å²) in [7, 11) is 0. The molecular formula is C15H20N2S. The molecule has 1 aromatic carbocycles. The van der Waals surface area contributed by atoms with Crippen LogP contribution in [-0.4, -0.2) is 10.5 Å². The van der Waals surface area contributed by atoms with E-state index in [2.05, 4.69) is 59.9 Å². The summed E-state index contributed by atoms with van der Waals surface area (Å²) >= 11 is 1.68. The summed E-state index contributed by atoms with van der Waals surface area (Å²) in [5.41, 5.74) is 2.55. The average Bonchev–Trinajstić information content (AvgIpc) is 2.73. The fourth-order valence-corrected chi connectivity index (χ4v) is 2.73. The van der Waals surface area contributed by atoms with Gasteiger partial charge in [-0.1, -0.05) is 30.3 Å². The van der Waals surface area contributed by atoms with Gasteiger partial charge in [0.15, 0.2) is 5.13 Å². The highest BCUT2D eigenvalue weighted by atomic mass is 32.1. The second-order valence-electron chi connectivity index (χ2n) is 5.29. The Morgan fingerprint density at radius 2 is 1.94 bits per heavy atom. The van der Waals surface area contributed by atoms with Gasteiger partial charge in [0, 0.05) is 10.9 Å². The lowest BCUT2D eigenvalue weighted by atomic mass is 9.95. The average molecular weight is 260 g/mol. The van der Waals surface area contributed by atoms with Gasteiger partial charge in [0.25, 0.3) is 0 Å². The van der Waals surface area contributed by atoms with E-state index in [1.807, 2.05) is 6.92 Å². The number of aryl methyl sites for hydroxylation is 2. The summed E-state index contributed by atoms with van der Waals surface area (Å²) in [6.45, 7) is 6.48. The van der Waals surface area contributed by atoms with Gasteiger partial charge in [-0.05, 0) is 39.2 Å². The summed E-state index contributed by atoms with van der Waals surface area (Å²) in [6.07, 6.45) is 2.18. The molecule has 1 aromatic heterocycles. The van der Waals surface area contributed by atoms with Crippen molar-refractivity contribution < 1.29 is 0 Å². The Bertz CT molecular complexity index is 488. The molecule has 18 heavy (non-hydrogen) atoms. The minimum atomic E-state index is 0.0696. The Kier molecular flexibility index (Phi) is 4.02. The molecule has 0 unspecified atom stereocenters. The number of nitrogens with zero attached hydrogens (tertiary/aromatic N) is 1. The predicted molar refractivity (Wildman–Crippen MR) is 79.3 cm³/mol. The normalized spacial score (nSPS) is 11.5. The van der Waals surface area contributed by atoms with Gasteiger partial charge in [0.2, 0.25) is 0 Å². The number of nitrogens with one attached hydrogen (secondary N) is 1. The molecule has 1 N–H and O–H groups in total. The SMILES string of the molecule is Cc1csc(NC(C)(C)CCc2ccccc2)n1. The first-order valence-electron chi connectivity index (χ1n) is 6.29. The number of benzene rings is 1. The van der Waals surface area contributed by atoms with Crippen molar-refractivity contribution >= 4 is 16.5 Å². The molecule has 0 saturated carbocycles. The summed E-state index contributed by atoms with van der Waals surface area (Å²) < 4.78 is 0. The number of hydrogen-bond acceptors (Lipinski definition) is 3. The first-order chi connectivity index (χ1) is 8.55. The fraction of sp³-hybridized carbons (Fsp3) is 0.400. The lowest BCUT2D eigenvalue weighted by molar-refractivity contribution is 0.518. The third-order valence-electron chi connectivity index (χ3n) is 2.95. The van der Waals surface area contributed by atoms with Gasteiger partial charge < -0.3 is 5.32 Å². The molecule has 0 fully saturated rings. The largest absolute Gasteiger partial charge is 0.357 e. The van der Waals surface area contributed by atoms with Crippen molar-refractivity contribution in [3.63, 3.8) is 0 Å². The lowest BCUT2D eigenvalue weighted by Crippen LogP contribution is -2.31. The fourth-order valence-electron chi connectivity index (χ4n) is 1.86. The molecule has 0 aliphatic rings. The van der Waals surface area contributed by atoms with E-state index in [9.17, 15) is 0 Å². The molecule has 2 nitrogen and oxygen atoms in total. The van der Waals surface area contributed by atoms with Gasteiger partial charge >= 0.3 is 0 Å². The van der Waals surface area contributed by atoms with Crippen molar-refractivity contribution in [3.05, 3.63) is 47.0 Å².